The lowest BCUT2D eigenvalue weighted by molar-refractivity contribution is 0.493. The molecule has 0 saturated heterocycles. The topological polar surface area (TPSA) is 47.7 Å². The highest BCUT2D eigenvalue weighted by molar-refractivity contribution is 6.31. The molecule has 2 aromatic heterocycles. The summed E-state index contributed by atoms with van der Waals surface area (Å²) in [5.41, 5.74) is 4.23. The molecule has 0 aliphatic rings. The summed E-state index contributed by atoms with van der Waals surface area (Å²) < 4.78 is 3.84. The smallest absolute Gasteiger partial charge is 0.0847 e. The van der Waals surface area contributed by atoms with E-state index in [2.05, 4.69) is 35.4 Å². The molecular formula is C15H24ClN5. The Hall–Kier alpha value is -1.33. The van der Waals surface area contributed by atoms with Gasteiger partial charge in [-0.05, 0) is 26.0 Å². The third kappa shape index (κ3) is 3.30. The summed E-state index contributed by atoms with van der Waals surface area (Å²) in [6, 6.07) is 2.35. The molecule has 2 aromatic rings. The van der Waals surface area contributed by atoms with Crippen LogP contribution >= 0.6 is 11.6 Å². The molecule has 0 bridgehead atoms. The van der Waals surface area contributed by atoms with Gasteiger partial charge in [0.15, 0.2) is 0 Å². The van der Waals surface area contributed by atoms with E-state index in [1.54, 1.807) is 0 Å². The van der Waals surface area contributed by atoms with Crippen molar-refractivity contribution in [1.82, 2.24) is 24.9 Å². The van der Waals surface area contributed by atoms with Crippen LogP contribution in [0.2, 0.25) is 5.02 Å². The zero-order chi connectivity index (χ0) is 15.6. The molecule has 0 aliphatic carbocycles. The largest absolute Gasteiger partial charge is 0.309 e. The minimum atomic E-state index is 0.181. The van der Waals surface area contributed by atoms with E-state index in [0.29, 0.717) is 0 Å². The number of aryl methyl sites for hydroxylation is 4. The summed E-state index contributed by atoms with van der Waals surface area (Å²) in [6.07, 6.45) is 1.74. The second-order valence-corrected chi connectivity index (χ2v) is 5.70. The molecule has 0 saturated carbocycles. The highest BCUT2D eigenvalue weighted by Gasteiger charge is 2.21. The van der Waals surface area contributed by atoms with Crippen LogP contribution in [-0.4, -0.2) is 26.1 Å². The van der Waals surface area contributed by atoms with Crippen LogP contribution in [-0.2, 0) is 26.9 Å². The van der Waals surface area contributed by atoms with Gasteiger partial charge < -0.3 is 5.32 Å². The first kappa shape index (κ1) is 16.0. The number of nitrogens with one attached hydrogen (secondary N) is 1. The zero-order valence-electron chi connectivity index (χ0n) is 13.4. The average Bonchev–Trinajstić information content (AvgIpc) is 2.93. The van der Waals surface area contributed by atoms with Crippen LogP contribution in [0.4, 0.5) is 0 Å². The molecule has 2 heterocycles. The van der Waals surface area contributed by atoms with E-state index in [1.807, 2.05) is 30.4 Å². The summed E-state index contributed by atoms with van der Waals surface area (Å²) in [7, 11) is 3.94. The number of nitrogens with zero attached hydrogens (tertiary/aromatic N) is 4. The van der Waals surface area contributed by atoms with Crippen LogP contribution < -0.4 is 5.32 Å². The Bertz CT molecular complexity index is 614. The van der Waals surface area contributed by atoms with Crippen LogP contribution in [0.25, 0.3) is 0 Å². The monoisotopic (exact) mass is 309 g/mol. The van der Waals surface area contributed by atoms with Crippen molar-refractivity contribution < 1.29 is 0 Å². The first-order valence-corrected chi connectivity index (χ1v) is 7.79. The zero-order valence-corrected chi connectivity index (χ0v) is 14.2. The maximum atomic E-state index is 6.38. The molecule has 2 rings (SSSR count). The van der Waals surface area contributed by atoms with Gasteiger partial charge in [-0.2, -0.15) is 10.2 Å². The molecule has 0 radical (unpaired) electrons. The lowest BCUT2D eigenvalue weighted by Gasteiger charge is -2.18. The molecule has 1 N–H and O–H groups in total. The van der Waals surface area contributed by atoms with Gasteiger partial charge in [-0.25, -0.2) is 0 Å². The molecule has 0 spiro atoms. The van der Waals surface area contributed by atoms with Gasteiger partial charge in [-0.3, -0.25) is 9.36 Å². The van der Waals surface area contributed by atoms with E-state index < -0.39 is 0 Å². The lowest BCUT2D eigenvalue weighted by Crippen LogP contribution is -2.26. The molecule has 1 atom stereocenters. The first-order valence-electron chi connectivity index (χ1n) is 7.42. The fourth-order valence-corrected chi connectivity index (χ4v) is 2.90. The van der Waals surface area contributed by atoms with Gasteiger partial charge in [0, 0.05) is 20.5 Å². The van der Waals surface area contributed by atoms with E-state index in [1.165, 1.54) is 5.69 Å². The Morgan fingerprint density at radius 3 is 2.43 bits per heavy atom. The predicted octanol–water partition coefficient (Wildman–Crippen LogP) is 2.57. The Kier molecular flexibility index (Phi) is 5.06. The molecule has 21 heavy (non-hydrogen) atoms. The predicted molar refractivity (Wildman–Crippen MR) is 85.7 cm³/mol. The van der Waals surface area contributed by atoms with Gasteiger partial charge in [0.1, 0.15) is 0 Å². The van der Waals surface area contributed by atoms with Crippen molar-refractivity contribution in [3.05, 3.63) is 33.9 Å². The van der Waals surface area contributed by atoms with Gasteiger partial charge in [0.2, 0.25) is 0 Å². The van der Waals surface area contributed by atoms with Crippen molar-refractivity contribution in [3.8, 4) is 0 Å². The number of aromatic nitrogens is 4. The molecular weight excluding hydrogens is 286 g/mol. The van der Waals surface area contributed by atoms with Gasteiger partial charge in [0.25, 0.3) is 0 Å². The maximum Gasteiger partial charge on any atom is 0.0847 e. The van der Waals surface area contributed by atoms with Crippen molar-refractivity contribution in [3.63, 3.8) is 0 Å². The molecule has 0 aliphatic heterocycles. The number of likely N-dealkylation sites (N-methyl/N-ethyl adjacent to an activating group) is 1. The minimum Gasteiger partial charge on any atom is -0.309 e. The molecule has 0 fully saturated rings. The summed E-state index contributed by atoms with van der Waals surface area (Å²) in [5.74, 6) is 0. The molecule has 6 heteroatoms. The van der Waals surface area contributed by atoms with E-state index >= 15 is 0 Å². The average molecular weight is 310 g/mol. The summed E-state index contributed by atoms with van der Waals surface area (Å²) >= 11 is 6.38. The van der Waals surface area contributed by atoms with E-state index in [0.717, 1.165) is 41.5 Å². The summed E-state index contributed by atoms with van der Waals surface area (Å²) in [5, 5.41) is 13.2. The second-order valence-electron chi connectivity index (χ2n) is 5.32. The molecule has 0 amide bonds. The van der Waals surface area contributed by atoms with Crippen molar-refractivity contribution in [1.29, 1.82) is 0 Å². The lowest BCUT2D eigenvalue weighted by atomic mass is 10.1. The molecule has 1 unspecified atom stereocenters. The third-order valence-corrected chi connectivity index (χ3v) is 4.29. The van der Waals surface area contributed by atoms with Crippen molar-refractivity contribution >= 4 is 11.6 Å². The van der Waals surface area contributed by atoms with E-state index in [-0.39, 0.29) is 6.04 Å². The van der Waals surface area contributed by atoms with Gasteiger partial charge >= 0.3 is 0 Å². The summed E-state index contributed by atoms with van der Waals surface area (Å²) in [4.78, 5) is 0. The normalized spacial score (nSPS) is 12.9. The quantitative estimate of drug-likeness (QED) is 0.892. The second kappa shape index (κ2) is 6.62. The molecule has 116 valence electrons. The fraction of sp³-hybridized carbons (Fsp3) is 0.600. The van der Waals surface area contributed by atoms with Crippen LogP contribution in [0.3, 0.4) is 0 Å². The third-order valence-electron chi connectivity index (χ3n) is 3.80. The number of rotatable bonds is 6. The Balaban J connectivity index is 2.32. The standard InChI is InChI=1S/C15H24ClN5/c1-6-11-8-13(20(4)19-11)12(17-7-2)9-14-15(16)10(3)18-21(14)5/h8,12,17H,6-7,9H2,1-5H3. The van der Waals surface area contributed by atoms with E-state index in [4.69, 9.17) is 11.6 Å². The highest BCUT2D eigenvalue weighted by Crippen LogP contribution is 2.26. The van der Waals surface area contributed by atoms with Crippen molar-refractivity contribution in [2.24, 2.45) is 14.1 Å². The Morgan fingerprint density at radius 2 is 1.95 bits per heavy atom. The van der Waals surface area contributed by atoms with Gasteiger partial charge in [-0.1, -0.05) is 25.4 Å². The first-order chi connectivity index (χ1) is 9.97. The maximum absolute atomic E-state index is 6.38. The summed E-state index contributed by atoms with van der Waals surface area (Å²) in [6.45, 7) is 7.06. The van der Waals surface area contributed by atoms with Crippen molar-refractivity contribution in [2.75, 3.05) is 6.54 Å². The van der Waals surface area contributed by atoms with Crippen LogP contribution in [0, 0.1) is 6.92 Å². The van der Waals surface area contributed by atoms with Gasteiger partial charge in [0.05, 0.1) is 33.8 Å². The Labute approximate surface area is 131 Å². The van der Waals surface area contributed by atoms with Crippen LogP contribution in [0.5, 0.6) is 0 Å². The number of hydrogen-bond acceptors (Lipinski definition) is 3. The highest BCUT2D eigenvalue weighted by atomic mass is 35.5. The van der Waals surface area contributed by atoms with Crippen LogP contribution in [0.15, 0.2) is 6.07 Å². The number of halogens is 1. The minimum absolute atomic E-state index is 0.181. The Morgan fingerprint density at radius 1 is 1.24 bits per heavy atom. The SMILES string of the molecule is CCNC(Cc1c(Cl)c(C)nn1C)c1cc(CC)nn1C. The van der Waals surface area contributed by atoms with Gasteiger partial charge in [-0.15, -0.1) is 0 Å². The fourth-order valence-electron chi connectivity index (χ4n) is 2.67. The molecule has 5 nitrogen and oxygen atoms in total. The molecule has 0 aromatic carbocycles. The van der Waals surface area contributed by atoms with E-state index in [9.17, 15) is 0 Å². The van der Waals surface area contributed by atoms with Crippen LogP contribution in [0.1, 0.15) is 42.7 Å². The number of hydrogen-bond donors (Lipinski definition) is 1. The van der Waals surface area contributed by atoms with Crippen molar-refractivity contribution in [2.45, 2.75) is 39.7 Å².